The summed E-state index contributed by atoms with van der Waals surface area (Å²) in [6.45, 7) is 0. The number of nitrogens with one attached hydrogen (secondary N) is 1. The zero-order chi connectivity index (χ0) is 13.0. The van der Waals surface area contributed by atoms with E-state index in [1.807, 2.05) is 24.3 Å². The Bertz CT molecular complexity index is 506. The first kappa shape index (κ1) is 12.3. The van der Waals surface area contributed by atoms with E-state index in [4.69, 9.17) is 10.8 Å². The molecule has 1 heterocycles. The number of carbonyl (C=O) groups is 1. The Morgan fingerprint density at radius 3 is 2.56 bits per heavy atom. The molecular formula is C13H15N3O2. The molecule has 5 nitrogen and oxygen atoms in total. The third kappa shape index (κ3) is 3.18. The molecule has 4 N–H and O–H groups in total. The van der Waals surface area contributed by atoms with E-state index in [0.717, 1.165) is 23.4 Å². The zero-order valence-electron chi connectivity index (χ0n) is 9.84. The molecule has 1 atom stereocenters. The summed E-state index contributed by atoms with van der Waals surface area (Å²) in [5.41, 5.74) is 7.53. The summed E-state index contributed by atoms with van der Waals surface area (Å²) in [4.78, 5) is 17.8. The van der Waals surface area contributed by atoms with E-state index in [2.05, 4.69) is 9.97 Å². The molecular weight excluding hydrogens is 230 g/mol. The fraction of sp³-hybridized carbons (Fsp3) is 0.231. The van der Waals surface area contributed by atoms with Gasteiger partial charge in [0.05, 0.1) is 0 Å². The maximum atomic E-state index is 10.6. The van der Waals surface area contributed by atoms with Crippen LogP contribution in [0.5, 0.6) is 0 Å². The lowest BCUT2D eigenvalue weighted by Crippen LogP contribution is -2.32. The van der Waals surface area contributed by atoms with Gasteiger partial charge in [-0.25, -0.2) is 4.98 Å². The molecule has 0 spiro atoms. The molecule has 0 fully saturated rings. The Morgan fingerprint density at radius 2 is 2.00 bits per heavy atom. The van der Waals surface area contributed by atoms with Crippen LogP contribution in [0, 0.1) is 0 Å². The maximum absolute atomic E-state index is 10.6. The van der Waals surface area contributed by atoms with Gasteiger partial charge < -0.3 is 15.8 Å². The van der Waals surface area contributed by atoms with Gasteiger partial charge in [-0.2, -0.15) is 0 Å². The minimum atomic E-state index is -0.977. The van der Waals surface area contributed by atoms with Crippen molar-refractivity contribution in [2.24, 2.45) is 5.73 Å². The first-order valence-corrected chi connectivity index (χ1v) is 5.69. The van der Waals surface area contributed by atoms with E-state index >= 15 is 0 Å². The average molecular weight is 245 g/mol. The molecule has 2 aromatic rings. The fourth-order valence-electron chi connectivity index (χ4n) is 1.72. The summed E-state index contributed by atoms with van der Waals surface area (Å²) in [5, 5.41) is 8.73. The van der Waals surface area contributed by atoms with Gasteiger partial charge in [-0.05, 0) is 17.5 Å². The molecule has 0 radical (unpaired) electrons. The van der Waals surface area contributed by atoms with Gasteiger partial charge in [0, 0.05) is 18.8 Å². The Hall–Kier alpha value is -2.14. The van der Waals surface area contributed by atoms with Crippen molar-refractivity contribution in [3.05, 3.63) is 53.6 Å². The molecule has 0 saturated heterocycles. The number of carboxylic acids is 1. The van der Waals surface area contributed by atoms with Crippen LogP contribution in [0.15, 0.2) is 36.7 Å². The number of carboxylic acid groups (broad SMARTS) is 1. The Labute approximate surface area is 105 Å². The predicted octanol–water partition coefficient (Wildman–Crippen LogP) is 0.955. The predicted molar refractivity (Wildman–Crippen MR) is 67.2 cm³/mol. The average Bonchev–Trinajstić information content (AvgIpc) is 2.84. The summed E-state index contributed by atoms with van der Waals surface area (Å²) >= 11 is 0. The van der Waals surface area contributed by atoms with Gasteiger partial charge in [0.25, 0.3) is 0 Å². The van der Waals surface area contributed by atoms with Gasteiger partial charge in [0.15, 0.2) is 0 Å². The van der Waals surface area contributed by atoms with Crippen molar-refractivity contribution >= 4 is 5.97 Å². The lowest BCUT2D eigenvalue weighted by atomic mass is 10.0. The molecule has 0 bridgehead atoms. The second kappa shape index (κ2) is 5.46. The number of hydrogen-bond donors (Lipinski definition) is 3. The van der Waals surface area contributed by atoms with Crippen LogP contribution >= 0.6 is 0 Å². The monoisotopic (exact) mass is 245 g/mol. The van der Waals surface area contributed by atoms with Gasteiger partial charge in [0.2, 0.25) is 0 Å². The molecule has 18 heavy (non-hydrogen) atoms. The van der Waals surface area contributed by atoms with Crippen molar-refractivity contribution in [2.75, 3.05) is 0 Å². The summed E-state index contributed by atoms with van der Waals surface area (Å²) < 4.78 is 0. The zero-order valence-corrected chi connectivity index (χ0v) is 9.84. The quantitative estimate of drug-likeness (QED) is 0.731. The molecule has 2 rings (SSSR count). The molecule has 0 aliphatic carbocycles. The highest BCUT2D eigenvalue weighted by molar-refractivity contribution is 5.73. The standard InChI is InChI=1S/C13H15N3O2/c14-11(13(17)18)7-9-1-3-10(4-2-9)8-12-15-5-6-16-12/h1-6,11H,7-8,14H2,(H,15,16)(H,17,18)/t11-/m0/s1. The minimum absolute atomic E-state index is 0.344. The second-order valence-electron chi connectivity index (χ2n) is 4.18. The summed E-state index contributed by atoms with van der Waals surface area (Å²) in [7, 11) is 0. The number of aromatic amines is 1. The normalized spacial score (nSPS) is 12.3. The minimum Gasteiger partial charge on any atom is -0.480 e. The Morgan fingerprint density at radius 1 is 1.33 bits per heavy atom. The van der Waals surface area contributed by atoms with Gasteiger partial charge in [-0.15, -0.1) is 0 Å². The lowest BCUT2D eigenvalue weighted by molar-refractivity contribution is -0.138. The van der Waals surface area contributed by atoms with Gasteiger partial charge in [-0.1, -0.05) is 24.3 Å². The largest absolute Gasteiger partial charge is 0.480 e. The number of aliphatic carboxylic acids is 1. The number of benzene rings is 1. The highest BCUT2D eigenvalue weighted by atomic mass is 16.4. The van der Waals surface area contributed by atoms with E-state index in [0.29, 0.717) is 6.42 Å². The van der Waals surface area contributed by atoms with E-state index in [1.54, 1.807) is 12.4 Å². The maximum Gasteiger partial charge on any atom is 0.320 e. The molecule has 0 unspecified atom stereocenters. The molecule has 1 aromatic heterocycles. The van der Waals surface area contributed by atoms with Crippen LogP contribution in [0.1, 0.15) is 17.0 Å². The van der Waals surface area contributed by atoms with Gasteiger partial charge in [-0.3, -0.25) is 4.79 Å². The number of nitrogens with zero attached hydrogens (tertiary/aromatic N) is 1. The first-order chi connectivity index (χ1) is 8.65. The lowest BCUT2D eigenvalue weighted by Gasteiger charge is -2.07. The number of rotatable bonds is 5. The molecule has 0 aliphatic heterocycles. The van der Waals surface area contributed by atoms with Crippen LogP contribution in [0.2, 0.25) is 0 Å². The third-order valence-corrected chi connectivity index (χ3v) is 2.72. The van der Waals surface area contributed by atoms with E-state index in [9.17, 15) is 4.79 Å². The topological polar surface area (TPSA) is 92.0 Å². The van der Waals surface area contributed by atoms with Crippen LogP contribution in [0.3, 0.4) is 0 Å². The van der Waals surface area contributed by atoms with Crippen molar-refractivity contribution in [1.29, 1.82) is 0 Å². The summed E-state index contributed by atoms with van der Waals surface area (Å²) in [5.74, 6) is -0.0698. The molecule has 94 valence electrons. The van der Waals surface area contributed by atoms with E-state index in [-0.39, 0.29) is 0 Å². The Kier molecular flexibility index (Phi) is 3.74. The summed E-state index contributed by atoms with van der Waals surface area (Å²) in [6, 6.07) is 6.89. The SMILES string of the molecule is N[C@@H](Cc1ccc(Cc2ncc[nH]2)cc1)C(=O)O. The van der Waals surface area contributed by atoms with Crippen LogP contribution in [-0.4, -0.2) is 27.1 Å². The fourth-order valence-corrected chi connectivity index (χ4v) is 1.72. The van der Waals surface area contributed by atoms with Gasteiger partial charge in [0.1, 0.15) is 11.9 Å². The highest BCUT2D eigenvalue weighted by Crippen LogP contribution is 2.09. The third-order valence-electron chi connectivity index (χ3n) is 2.72. The summed E-state index contributed by atoms with van der Waals surface area (Å²) in [6.07, 6.45) is 4.58. The van der Waals surface area contributed by atoms with Crippen LogP contribution < -0.4 is 5.73 Å². The molecule has 5 heteroatoms. The molecule has 0 saturated carbocycles. The number of imidazole rings is 1. The Balaban J connectivity index is 1.99. The number of hydrogen-bond acceptors (Lipinski definition) is 3. The number of nitrogens with two attached hydrogens (primary N) is 1. The number of aromatic nitrogens is 2. The first-order valence-electron chi connectivity index (χ1n) is 5.69. The van der Waals surface area contributed by atoms with Crippen LogP contribution in [-0.2, 0) is 17.6 Å². The molecule has 0 amide bonds. The smallest absolute Gasteiger partial charge is 0.320 e. The number of H-pyrrole nitrogens is 1. The van der Waals surface area contributed by atoms with Crippen molar-refractivity contribution in [3.8, 4) is 0 Å². The van der Waals surface area contributed by atoms with E-state index < -0.39 is 12.0 Å². The molecule has 1 aromatic carbocycles. The van der Waals surface area contributed by atoms with Crippen LogP contribution in [0.4, 0.5) is 0 Å². The van der Waals surface area contributed by atoms with Crippen molar-refractivity contribution in [3.63, 3.8) is 0 Å². The second-order valence-corrected chi connectivity index (χ2v) is 4.18. The van der Waals surface area contributed by atoms with Crippen LogP contribution in [0.25, 0.3) is 0 Å². The van der Waals surface area contributed by atoms with Crippen molar-refractivity contribution in [1.82, 2.24) is 9.97 Å². The molecule has 0 aliphatic rings. The van der Waals surface area contributed by atoms with Crippen molar-refractivity contribution < 1.29 is 9.90 Å². The van der Waals surface area contributed by atoms with Crippen molar-refractivity contribution in [2.45, 2.75) is 18.9 Å². The van der Waals surface area contributed by atoms with E-state index in [1.165, 1.54) is 0 Å². The highest BCUT2D eigenvalue weighted by Gasteiger charge is 2.11. The van der Waals surface area contributed by atoms with Gasteiger partial charge >= 0.3 is 5.97 Å².